The van der Waals surface area contributed by atoms with Crippen molar-refractivity contribution in [2.45, 2.75) is 32.6 Å². The van der Waals surface area contributed by atoms with Crippen molar-refractivity contribution in [1.82, 2.24) is 0 Å². The molecule has 2 aromatic carbocycles. The topological polar surface area (TPSA) is 0 Å². The molecule has 94 valence electrons. The minimum atomic E-state index is 0. The predicted molar refractivity (Wildman–Crippen MR) is 78.6 cm³/mol. The van der Waals surface area contributed by atoms with Crippen LogP contribution in [0, 0.1) is 6.42 Å². The van der Waals surface area contributed by atoms with Crippen molar-refractivity contribution < 1.29 is 51.4 Å². The fourth-order valence-electron chi connectivity index (χ4n) is 2.24. The Bertz CT molecular complexity index is 462. The van der Waals surface area contributed by atoms with Crippen LogP contribution in [0.4, 0.5) is 0 Å². The third kappa shape index (κ3) is 6.37. The van der Waals surface area contributed by atoms with Crippen molar-refractivity contribution in [2.75, 3.05) is 0 Å². The van der Waals surface area contributed by atoms with Crippen LogP contribution in [0.25, 0.3) is 0 Å². The average Bonchev–Trinajstić information content (AvgIpc) is 2.41. The molecule has 0 saturated heterocycles. The molecule has 0 unspecified atom stereocenters. The van der Waals surface area contributed by atoms with Gasteiger partial charge in [-0.1, -0.05) is 61.0 Å². The fourth-order valence-corrected chi connectivity index (χ4v) is 2.24. The summed E-state index contributed by atoms with van der Waals surface area (Å²) in [6.07, 6.45) is 6.93. The van der Waals surface area contributed by atoms with Crippen LogP contribution in [-0.4, -0.2) is 0 Å². The quantitative estimate of drug-likeness (QED) is 0.429. The number of rotatable bonds is 6. The Hall–Kier alpha value is 0.0764. The van der Waals surface area contributed by atoms with Gasteiger partial charge in [-0.25, -0.2) is 0 Å². The van der Waals surface area contributed by atoms with Gasteiger partial charge < -0.3 is 6.42 Å². The maximum Gasteiger partial charge on any atom is 1.00 e. The molecule has 0 radical (unpaired) electrons. The Kier molecular flexibility index (Phi) is 8.92. The van der Waals surface area contributed by atoms with Gasteiger partial charge >= 0.3 is 51.4 Å². The third-order valence-electron chi connectivity index (χ3n) is 3.20. The van der Waals surface area contributed by atoms with Gasteiger partial charge in [0.05, 0.1) is 0 Å². The molecule has 2 rings (SSSR count). The van der Waals surface area contributed by atoms with Crippen molar-refractivity contribution >= 4 is 0 Å². The van der Waals surface area contributed by atoms with Crippen molar-refractivity contribution in [2.24, 2.45) is 0 Å². The van der Waals surface area contributed by atoms with Crippen LogP contribution in [0.3, 0.4) is 0 Å². The van der Waals surface area contributed by atoms with Gasteiger partial charge in [0, 0.05) is 0 Å². The molecular weight excluding hydrogens is 255 g/mol. The third-order valence-corrected chi connectivity index (χ3v) is 3.20. The van der Waals surface area contributed by atoms with Crippen LogP contribution in [0.2, 0.25) is 0 Å². The van der Waals surface area contributed by atoms with Crippen molar-refractivity contribution in [3.05, 3.63) is 77.7 Å². The second-order valence-electron chi connectivity index (χ2n) is 4.78. The van der Waals surface area contributed by atoms with Gasteiger partial charge in [-0.05, 0) is 29.5 Å². The van der Waals surface area contributed by atoms with Gasteiger partial charge in [0.1, 0.15) is 0 Å². The number of hydrogen-bond donors (Lipinski definition) is 0. The number of unbranched alkanes of at least 4 members (excludes halogenated alkanes) is 2. The van der Waals surface area contributed by atoms with Crippen LogP contribution < -0.4 is 51.4 Å². The largest absolute Gasteiger partial charge is 1.00 e. The molecule has 0 aromatic heterocycles. The molecule has 19 heavy (non-hydrogen) atoms. The first-order chi connectivity index (χ1) is 8.88. The second kappa shape index (κ2) is 9.90. The Balaban J connectivity index is 0.00000180. The molecule has 0 N–H and O–H groups in total. The summed E-state index contributed by atoms with van der Waals surface area (Å²) in [5, 5.41) is 0. The molecule has 0 nitrogen and oxygen atoms in total. The van der Waals surface area contributed by atoms with E-state index in [9.17, 15) is 0 Å². The van der Waals surface area contributed by atoms with Crippen LogP contribution >= 0.6 is 0 Å². The van der Waals surface area contributed by atoms with Crippen LogP contribution in [0.5, 0.6) is 0 Å². The van der Waals surface area contributed by atoms with Crippen LogP contribution in [0.15, 0.2) is 54.6 Å². The maximum atomic E-state index is 2.35. The zero-order chi connectivity index (χ0) is 12.6. The Labute approximate surface area is 160 Å². The average molecular weight is 276 g/mol. The summed E-state index contributed by atoms with van der Waals surface area (Å²) in [5.41, 5.74) is 4.26. The first-order valence-electron chi connectivity index (χ1n) is 6.78. The first kappa shape index (κ1) is 17.1. The number of hydrogen-bond acceptors (Lipinski definition) is 0. The first-order valence-corrected chi connectivity index (χ1v) is 6.78. The molecule has 0 fully saturated rings. The molecule has 0 aliphatic rings. The molecule has 0 aliphatic carbocycles. The van der Waals surface area contributed by atoms with Gasteiger partial charge in [0.25, 0.3) is 0 Å². The number of aryl methyl sites for hydroxylation is 1. The van der Waals surface area contributed by atoms with E-state index in [4.69, 9.17) is 0 Å². The van der Waals surface area contributed by atoms with Crippen LogP contribution in [0.1, 0.15) is 36.5 Å². The predicted octanol–water partition coefficient (Wildman–Crippen LogP) is 1.83. The van der Waals surface area contributed by atoms with E-state index in [1.807, 2.05) is 0 Å². The zero-order valence-electron chi connectivity index (χ0n) is 12.1. The van der Waals surface area contributed by atoms with Gasteiger partial charge in [0.15, 0.2) is 0 Å². The SMILES string of the molecule is C[CH-]CCCc1cccc(Cc2ccccc2)c1.[K+]. The van der Waals surface area contributed by atoms with Crippen molar-refractivity contribution in [3.8, 4) is 0 Å². The minimum absolute atomic E-state index is 0. The fraction of sp³-hybridized carbons (Fsp3) is 0.278. The summed E-state index contributed by atoms with van der Waals surface area (Å²) in [6, 6.07) is 19.7. The van der Waals surface area contributed by atoms with E-state index in [2.05, 4.69) is 67.9 Å². The van der Waals surface area contributed by atoms with Gasteiger partial charge in [-0.15, -0.1) is 0 Å². The molecule has 0 heterocycles. The molecule has 0 atom stereocenters. The second-order valence-corrected chi connectivity index (χ2v) is 4.78. The molecule has 0 saturated carbocycles. The number of benzene rings is 2. The molecule has 0 aliphatic heterocycles. The van der Waals surface area contributed by atoms with E-state index in [0.29, 0.717) is 0 Å². The molecular formula is C18H21K. The molecule has 0 bridgehead atoms. The van der Waals surface area contributed by atoms with Gasteiger partial charge in [-0.2, -0.15) is 13.3 Å². The monoisotopic (exact) mass is 276 g/mol. The summed E-state index contributed by atoms with van der Waals surface area (Å²) >= 11 is 0. The van der Waals surface area contributed by atoms with Crippen LogP contribution in [-0.2, 0) is 12.8 Å². The summed E-state index contributed by atoms with van der Waals surface area (Å²) in [7, 11) is 0. The van der Waals surface area contributed by atoms with E-state index < -0.39 is 0 Å². The van der Waals surface area contributed by atoms with Gasteiger partial charge in [0.2, 0.25) is 0 Å². The van der Waals surface area contributed by atoms with E-state index in [0.717, 1.165) is 6.42 Å². The Morgan fingerprint density at radius 2 is 1.53 bits per heavy atom. The molecule has 1 heteroatoms. The molecule has 0 amide bonds. The molecule has 0 spiro atoms. The zero-order valence-corrected chi connectivity index (χ0v) is 15.2. The summed E-state index contributed by atoms with van der Waals surface area (Å²) in [5.74, 6) is 0. The standard InChI is InChI=1S/C18H21.K/c1-2-3-5-9-17-12-8-13-18(15-17)14-16-10-6-4-7-11-16;/h2,4,6-8,10-13,15H,3,5,9,14H2,1H3;/q-1;+1. The smallest absolute Gasteiger partial charge is 0.331 e. The van der Waals surface area contributed by atoms with E-state index in [1.54, 1.807) is 0 Å². The summed E-state index contributed by atoms with van der Waals surface area (Å²) in [6.45, 7) is 2.13. The van der Waals surface area contributed by atoms with Gasteiger partial charge in [-0.3, -0.25) is 0 Å². The molecule has 2 aromatic rings. The van der Waals surface area contributed by atoms with E-state index >= 15 is 0 Å². The minimum Gasteiger partial charge on any atom is -0.331 e. The van der Waals surface area contributed by atoms with E-state index in [-0.39, 0.29) is 51.4 Å². The summed E-state index contributed by atoms with van der Waals surface area (Å²) < 4.78 is 0. The normalized spacial score (nSPS) is 9.95. The van der Waals surface area contributed by atoms with E-state index in [1.165, 1.54) is 36.0 Å². The summed E-state index contributed by atoms with van der Waals surface area (Å²) in [4.78, 5) is 0. The van der Waals surface area contributed by atoms with Crippen molar-refractivity contribution in [3.63, 3.8) is 0 Å². The maximum absolute atomic E-state index is 2.35. The Morgan fingerprint density at radius 1 is 0.842 bits per heavy atom. The Morgan fingerprint density at radius 3 is 2.26 bits per heavy atom. The van der Waals surface area contributed by atoms with Crippen molar-refractivity contribution in [1.29, 1.82) is 0 Å².